The Morgan fingerprint density at radius 2 is 2.15 bits per heavy atom. The fourth-order valence-electron chi connectivity index (χ4n) is 4.23. The predicted octanol–water partition coefficient (Wildman–Crippen LogP) is 3.71. The van der Waals surface area contributed by atoms with Crippen LogP contribution in [0, 0.1) is 16.7 Å². The number of aromatic nitrogens is 2. The van der Waals surface area contributed by atoms with Crippen molar-refractivity contribution in [3.63, 3.8) is 0 Å². The summed E-state index contributed by atoms with van der Waals surface area (Å²) in [5.41, 5.74) is 13.7. The van der Waals surface area contributed by atoms with Crippen LogP contribution in [0.2, 0.25) is 5.02 Å². The lowest BCUT2D eigenvalue weighted by molar-refractivity contribution is -0.118. The molecule has 1 atom stereocenters. The molecule has 33 heavy (non-hydrogen) atoms. The minimum absolute atomic E-state index is 0.0377. The van der Waals surface area contributed by atoms with Gasteiger partial charge in [-0.3, -0.25) is 14.5 Å². The number of halogens is 1. The Morgan fingerprint density at radius 3 is 2.82 bits per heavy atom. The molecule has 0 spiro atoms. The fraction of sp³-hybridized carbons (Fsp3) is 0.318. The van der Waals surface area contributed by atoms with Crippen LogP contribution in [0.5, 0.6) is 0 Å². The SMILES string of the molecule is CC1(C)CC(=O)C2=C(C1)N(c1nnc(SCC(N)=O)s1)C(N)=C(C#N)C2c1cccc(Cl)c1. The van der Waals surface area contributed by atoms with Crippen molar-refractivity contribution < 1.29 is 9.59 Å². The number of carbonyl (C=O) groups excluding carboxylic acids is 2. The summed E-state index contributed by atoms with van der Waals surface area (Å²) in [6, 6.07) is 9.35. The summed E-state index contributed by atoms with van der Waals surface area (Å²) < 4.78 is 0.538. The second kappa shape index (κ2) is 8.82. The Bertz CT molecular complexity index is 1260. The third kappa shape index (κ3) is 4.49. The highest BCUT2D eigenvalue weighted by Gasteiger charge is 2.45. The first kappa shape index (κ1) is 23.3. The van der Waals surface area contributed by atoms with Gasteiger partial charge in [0.1, 0.15) is 5.82 Å². The van der Waals surface area contributed by atoms with E-state index in [1.54, 1.807) is 23.1 Å². The Hall–Kier alpha value is -2.87. The Labute approximate surface area is 204 Å². The number of hydrogen-bond acceptors (Lipinski definition) is 9. The quantitative estimate of drug-likeness (QED) is 0.592. The highest BCUT2D eigenvalue weighted by atomic mass is 35.5. The number of benzene rings is 1. The molecule has 0 radical (unpaired) electrons. The Kier molecular flexibility index (Phi) is 6.22. The molecular weight excluding hydrogens is 480 g/mol. The second-order valence-corrected chi connectivity index (χ2v) is 11.3. The van der Waals surface area contributed by atoms with Gasteiger partial charge >= 0.3 is 0 Å². The Balaban J connectivity index is 1.89. The minimum Gasteiger partial charge on any atom is -0.384 e. The van der Waals surface area contributed by atoms with Gasteiger partial charge in [0, 0.05) is 22.7 Å². The number of nitriles is 1. The lowest BCUT2D eigenvalue weighted by Crippen LogP contribution is -2.42. The topological polar surface area (TPSA) is 139 Å². The van der Waals surface area contributed by atoms with Crippen molar-refractivity contribution >= 4 is 51.5 Å². The van der Waals surface area contributed by atoms with Gasteiger partial charge in [0.2, 0.25) is 11.0 Å². The van der Waals surface area contributed by atoms with E-state index in [0.717, 1.165) is 5.56 Å². The van der Waals surface area contributed by atoms with E-state index in [-0.39, 0.29) is 28.3 Å². The van der Waals surface area contributed by atoms with Crippen molar-refractivity contribution in [2.75, 3.05) is 10.7 Å². The predicted molar refractivity (Wildman–Crippen MR) is 128 cm³/mol. The summed E-state index contributed by atoms with van der Waals surface area (Å²) >= 11 is 8.63. The second-order valence-electron chi connectivity index (χ2n) is 8.64. The molecular formula is C22H21ClN6O2S2. The van der Waals surface area contributed by atoms with Crippen LogP contribution in [-0.4, -0.2) is 27.6 Å². The van der Waals surface area contributed by atoms with Crippen molar-refractivity contribution in [3.8, 4) is 6.07 Å². The van der Waals surface area contributed by atoms with Gasteiger partial charge in [-0.1, -0.05) is 60.7 Å². The van der Waals surface area contributed by atoms with Crippen LogP contribution in [0.3, 0.4) is 0 Å². The number of ketones is 1. The smallest absolute Gasteiger partial charge is 0.227 e. The first-order chi connectivity index (χ1) is 15.6. The lowest BCUT2D eigenvalue weighted by Gasteiger charge is -2.42. The number of Topliss-reactive ketones (excluding diaryl/α,β-unsaturated/α-hetero) is 1. The maximum absolute atomic E-state index is 13.5. The van der Waals surface area contributed by atoms with Gasteiger partial charge in [0.05, 0.1) is 23.3 Å². The van der Waals surface area contributed by atoms with Crippen molar-refractivity contribution in [1.82, 2.24) is 10.2 Å². The van der Waals surface area contributed by atoms with Crippen LogP contribution >= 0.6 is 34.7 Å². The van der Waals surface area contributed by atoms with Crippen LogP contribution < -0.4 is 16.4 Å². The normalized spacial score (nSPS) is 20.0. The number of rotatable bonds is 5. The van der Waals surface area contributed by atoms with Gasteiger partial charge in [-0.25, -0.2) is 0 Å². The molecule has 1 aliphatic heterocycles. The number of nitrogens with zero attached hydrogens (tertiary/aromatic N) is 4. The number of hydrogen-bond donors (Lipinski definition) is 2. The third-order valence-corrected chi connectivity index (χ3v) is 7.79. The molecule has 2 aliphatic rings. The van der Waals surface area contributed by atoms with Crippen LogP contribution in [0.1, 0.15) is 38.2 Å². The monoisotopic (exact) mass is 500 g/mol. The summed E-state index contributed by atoms with van der Waals surface area (Å²) in [5, 5.41) is 19.4. The number of carbonyl (C=O) groups is 2. The van der Waals surface area contributed by atoms with E-state index in [1.165, 1.54) is 23.1 Å². The molecule has 2 heterocycles. The summed E-state index contributed by atoms with van der Waals surface area (Å²) in [6.45, 7) is 4.05. The van der Waals surface area contributed by atoms with E-state index >= 15 is 0 Å². The van der Waals surface area contributed by atoms with E-state index in [0.29, 0.717) is 38.6 Å². The van der Waals surface area contributed by atoms with E-state index in [4.69, 9.17) is 23.1 Å². The van der Waals surface area contributed by atoms with Gasteiger partial charge < -0.3 is 11.5 Å². The zero-order valence-electron chi connectivity index (χ0n) is 18.0. The molecule has 1 unspecified atom stereocenters. The molecule has 1 aromatic heterocycles. The number of allylic oxidation sites excluding steroid dienone is 3. The van der Waals surface area contributed by atoms with Crippen molar-refractivity contribution in [1.29, 1.82) is 5.26 Å². The summed E-state index contributed by atoms with van der Waals surface area (Å²) in [7, 11) is 0. The molecule has 8 nitrogen and oxygen atoms in total. The number of thioether (sulfide) groups is 1. The van der Waals surface area contributed by atoms with E-state index < -0.39 is 11.8 Å². The van der Waals surface area contributed by atoms with Gasteiger partial charge in [0.15, 0.2) is 10.1 Å². The fourth-order valence-corrected chi connectivity index (χ4v) is 6.05. The zero-order valence-corrected chi connectivity index (χ0v) is 20.4. The molecule has 1 aliphatic carbocycles. The first-order valence-corrected chi connectivity index (χ1v) is 12.3. The van der Waals surface area contributed by atoms with Crippen molar-refractivity contribution in [2.24, 2.45) is 16.9 Å². The third-order valence-electron chi connectivity index (χ3n) is 5.49. The average Bonchev–Trinajstić information content (AvgIpc) is 3.19. The van der Waals surface area contributed by atoms with Gasteiger partial charge in [-0.15, -0.1) is 10.2 Å². The maximum atomic E-state index is 13.5. The zero-order chi connectivity index (χ0) is 23.9. The summed E-state index contributed by atoms with van der Waals surface area (Å²) in [6.07, 6.45) is 0.916. The largest absolute Gasteiger partial charge is 0.384 e. The van der Waals surface area contributed by atoms with Crippen molar-refractivity contribution in [3.05, 3.63) is 57.5 Å². The molecule has 170 valence electrons. The van der Waals surface area contributed by atoms with Crippen LogP contribution in [-0.2, 0) is 9.59 Å². The van der Waals surface area contributed by atoms with Crippen LogP contribution in [0.15, 0.2) is 51.3 Å². The molecule has 2 aromatic rings. The van der Waals surface area contributed by atoms with E-state index in [2.05, 4.69) is 16.3 Å². The lowest BCUT2D eigenvalue weighted by atomic mass is 9.69. The van der Waals surface area contributed by atoms with Crippen molar-refractivity contribution in [2.45, 2.75) is 36.9 Å². The molecule has 1 aromatic carbocycles. The molecule has 0 saturated heterocycles. The average molecular weight is 501 g/mol. The number of anilines is 1. The van der Waals surface area contributed by atoms with E-state index in [1.807, 2.05) is 19.9 Å². The van der Waals surface area contributed by atoms with Gasteiger partial charge in [-0.05, 0) is 29.5 Å². The molecule has 4 rings (SSSR count). The highest BCUT2D eigenvalue weighted by molar-refractivity contribution is 8.01. The number of primary amides is 1. The summed E-state index contributed by atoms with van der Waals surface area (Å²) in [4.78, 5) is 26.3. The maximum Gasteiger partial charge on any atom is 0.227 e. The molecule has 0 bridgehead atoms. The standard InChI is InChI=1S/C22H21ClN6O2S2/c1-22(2)7-14-18(15(30)8-22)17(11-4-3-5-12(23)6-11)13(9-24)19(26)29(14)20-27-28-21(33-20)32-10-16(25)31/h3-6,17H,7-8,10,26H2,1-2H3,(H2,25,31). The van der Waals surface area contributed by atoms with Crippen LogP contribution in [0.25, 0.3) is 0 Å². The Morgan fingerprint density at radius 1 is 1.39 bits per heavy atom. The summed E-state index contributed by atoms with van der Waals surface area (Å²) in [5.74, 6) is -0.839. The molecule has 0 saturated carbocycles. The van der Waals surface area contributed by atoms with Gasteiger partial charge in [0.25, 0.3) is 0 Å². The molecule has 1 amide bonds. The highest BCUT2D eigenvalue weighted by Crippen LogP contribution is 2.50. The van der Waals surface area contributed by atoms with Crippen LogP contribution in [0.4, 0.5) is 5.13 Å². The molecule has 11 heteroatoms. The molecule has 0 fully saturated rings. The first-order valence-electron chi connectivity index (χ1n) is 10.1. The number of amides is 1. The number of nitrogens with two attached hydrogens (primary N) is 2. The molecule has 4 N–H and O–H groups in total. The van der Waals surface area contributed by atoms with E-state index in [9.17, 15) is 14.9 Å². The van der Waals surface area contributed by atoms with Gasteiger partial charge in [-0.2, -0.15) is 5.26 Å². The minimum atomic E-state index is -0.611.